The van der Waals surface area contributed by atoms with Crippen LogP contribution in [0.4, 0.5) is 8.78 Å². The van der Waals surface area contributed by atoms with E-state index >= 15 is 0 Å². The van der Waals surface area contributed by atoms with E-state index in [1.165, 1.54) is 0 Å². The quantitative estimate of drug-likeness (QED) is 0.786. The summed E-state index contributed by atoms with van der Waals surface area (Å²) in [7, 11) is 0. The van der Waals surface area contributed by atoms with Crippen LogP contribution in [0.1, 0.15) is 46.5 Å². The van der Waals surface area contributed by atoms with Crippen LogP contribution in [0, 0.1) is 13.8 Å². The Morgan fingerprint density at radius 2 is 2.14 bits per heavy atom. The number of nitrogens with zero attached hydrogens (tertiary/aromatic N) is 4. The fourth-order valence-electron chi connectivity index (χ4n) is 1.88. The highest BCUT2D eigenvalue weighted by atomic mass is 19.3. The van der Waals surface area contributed by atoms with Crippen molar-refractivity contribution in [3.05, 3.63) is 28.4 Å². The van der Waals surface area contributed by atoms with Crippen LogP contribution in [0.3, 0.4) is 0 Å². The van der Waals surface area contributed by atoms with Gasteiger partial charge in [0.05, 0.1) is 18.8 Å². The molecule has 0 aromatic carbocycles. The first-order valence-corrected chi connectivity index (χ1v) is 6.26. The maximum absolute atomic E-state index is 13.2. The minimum absolute atomic E-state index is 0.00670. The summed E-state index contributed by atoms with van der Waals surface area (Å²) >= 11 is 0. The normalized spacial score (nSPS) is 11.1. The summed E-state index contributed by atoms with van der Waals surface area (Å²) in [6, 6.07) is 0. The highest BCUT2D eigenvalue weighted by Crippen LogP contribution is 2.24. The molecule has 114 valence electrons. The van der Waals surface area contributed by atoms with Crippen molar-refractivity contribution >= 4 is 5.97 Å². The molecule has 0 saturated heterocycles. The molecule has 2 heterocycles. The van der Waals surface area contributed by atoms with Gasteiger partial charge in [0.15, 0.2) is 5.69 Å². The van der Waals surface area contributed by atoms with Crippen LogP contribution in [0.25, 0.3) is 0 Å². The first-order valence-electron chi connectivity index (χ1n) is 6.26. The summed E-state index contributed by atoms with van der Waals surface area (Å²) < 4.78 is 37.0. The van der Waals surface area contributed by atoms with Crippen molar-refractivity contribution in [1.29, 1.82) is 0 Å². The van der Waals surface area contributed by atoms with Gasteiger partial charge >= 0.3 is 5.97 Å². The molecule has 0 bridgehead atoms. The number of rotatable bonds is 5. The number of hydrogen-bond donors (Lipinski definition) is 0. The van der Waals surface area contributed by atoms with E-state index in [1.807, 2.05) is 0 Å². The lowest BCUT2D eigenvalue weighted by molar-refractivity contribution is 0.0506. The zero-order valence-corrected chi connectivity index (χ0v) is 11.8. The SMILES string of the molecule is CCOC(=O)c1nnn(Cc2c(C)noc2C)c1C(F)F. The Morgan fingerprint density at radius 1 is 1.43 bits per heavy atom. The molecule has 7 nitrogen and oxygen atoms in total. The van der Waals surface area contributed by atoms with Crippen molar-refractivity contribution in [1.82, 2.24) is 20.2 Å². The van der Waals surface area contributed by atoms with Crippen LogP contribution < -0.4 is 0 Å². The summed E-state index contributed by atoms with van der Waals surface area (Å²) in [5, 5.41) is 10.9. The molecule has 0 aliphatic carbocycles. The number of carbonyl (C=O) groups is 1. The number of aromatic nitrogens is 4. The van der Waals surface area contributed by atoms with Crippen LogP contribution in [0.2, 0.25) is 0 Å². The predicted octanol–water partition coefficient (Wildman–Crippen LogP) is 2.05. The highest BCUT2D eigenvalue weighted by Gasteiger charge is 2.28. The first-order chi connectivity index (χ1) is 9.95. The minimum atomic E-state index is -2.90. The van der Waals surface area contributed by atoms with Crippen LogP contribution >= 0.6 is 0 Å². The molecule has 0 radical (unpaired) electrons. The average Bonchev–Trinajstić information content (AvgIpc) is 2.98. The van der Waals surface area contributed by atoms with E-state index in [4.69, 9.17) is 9.26 Å². The van der Waals surface area contributed by atoms with Gasteiger partial charge in [-0.3, -0.25) is 0 Å². The van der Waals surface area contributed by atoms with Gasteiger partial charge in [-0.25, -0.2) is 18.3 Å². The van der Waals surface area contributed by atoms with Crippen molar-refractivity contribution in [3.8, 4) is 0 Å². The molecule has 0 atom stereocenters. The number of alkyl halides is 2. The van der Waals surface area contributed by atoms with Crippen molar-refractivity contribution < 1.29 is 22.8 Å². The van der Waals surface area contributed by atoms with Crippen molar-refractivity contribution in [2.75, 3.05) is 6.61 Å². The molecule has 2 aromatic heterocycles. The van der Waals surface area contributed by atoms with Gasteiger partial charge in [-0.15, -0.1) is 5.10 Å². The van der Waals surface area contributed by atoms with Gasteiger partial charge in [-0.1, -0.05) is 10.4 Å². The molecule has 0 aliphatic heterocycles. The fourth-order valence-corrected chi connectivity index (χ4v) is 1.88. The number of hydrogen-bond acceptors (Lipinski definition) is 6. The molecule has 2 aromatic rings. The molecular formula is C12H14F2N4O3. The summed E-state index contributed by atoms with van der Waals surface area (Å²) in [6.07, 6.45) is -2.90. The van der Waals surface area contributed by atoms with E-state index in [2.05, 4.69) is 15.5 Å². The smallest absolute Gasteiger partial charge is 0.361 e. The van der Waals surface area contributed by atoms with Gasteiger partial charge in [0.2, 0.25) is 0 Å². The molecule has 0 unspecified atom stereocenters. The van der Waals surface area contributed by atoms with E-state index < -0.39 is 23.8 Å². The third-order valence-corrected chi connectivity index (χ3v) is 2.94. The lowest BCUT2D eigenvalue weighted by atomic mass is 10.2. The number of carbonyl (C=O) groups excluding carboxylic acids is 1. The molecular weight excluding hydrogens is 286 g/mol. The van der Waals surface area contributed by atoms with Gasteiger partial charge < -0.3 is 9.26 Å². The zero-order valence-electron chi connectivity index (χ0n) is 11.8. The molecule has 2 rings (SSSR count). The van der Waals surface area contributed by atoms with Crippen LogP contribution in [-0.4, -0.2) is 32.7 Å². The van der Waals surface area contributed by atoms with Crippen molar-refractivity contribution in [2.24, 2.45) is 0 Å². The zero-order chi connectivity index (χ0) is 15.6. The first kappa shape index (κ1) is 15.1. The van der Waals surface area contributed by atoms with Crippen LogP contribution in [-0.2, 0) is 11.3 Å². The predicted molar refractivity (Wildman–Crippen MR) is 66.0 cm³/mol. The second-order valence-corrected chi connectivity index (χ2v) is 4.30. The molecule has 21 heavy (non-hydrogen) atoms. The number of halogens is 2. The Morgan fingerprint density at radius 3 is 2.67 bits per heavy atom. The standard InChI is InChI=1S/C12H14F2N4O3/c1-4-20-12(19)9-10(11(13)14)18(17-15-9)5-8-6(2)16-21-7(8)3/h11H,4-5H2,1-3H3. The Bertz CT molecular complexity index is 631. The third-order valence-electron chi connectivity index (χ3n) is 2.94. The topological polar surface area (TPSA) is 83.0 Å². The fraction of sp³-hybridized carbons (Fsp3) is 0.500. The molecule has 0 fully saturated rings. The Hall–Kier alpha value is -2.32. The Balaban J connectivity index is 2.39. The highest BCUT2D eigenvalue weighted by molar-refractivity contribution is 5.88. The van der Waals surface area contributed by atoms with Gasteiger partial charge in [0.25, 0.3) is 6.43 Å². The van der Waals surface area contributed by atoms with Crippen molar-refractivity contribution in [3.63, 3.8) is 0 Å². The molecule has 0 aliphatic rings. The number of aryl methyl sites for hydroxylation is 2. The van der Waals surface area contributed by atoms with E-state index in [-0.39, 0.29) is 13.2 Å². The van der Waals surface area contributed by atoms with E-state index in [9.17, 15) is 13.6 Å². The van der Waals surface area contributed by atoms with Gasteiger partial charge in [-0.2, -0.15) is 0 Å². The van der Waals surface area contributed by atoms with Crippen LogP contribution in [0.5, 0.6) is 0 Å². The summed E-state index contributed by atoms with van der Waals surface area (Å²) in [4.78, 5) is 11.6. The molecule has 0 spiro atoms. The maximum Gasteiger partial charge on any atom is 0.361 e. The number of esters is 1. The van der Waals surface area contributed by atoms with Gasteiger partial charge in [0, 0.05) is 5.56 Å². The Kier molecular flexibility index (Phi) is 4.29. The van der Waals surface area contributed by atoms with Gasteiger partial charge in [0.1, 0.15) is 11.5 Å². The lowest BCUT2D eigenvalue weighted by Gasteiger charge is -2.06. The minimum Gasteiger partial charge on any atom is -0.461 e. The molecule has 0 saturated carbocycles. The maximum atomic E-state index is 13.2. The van der Waals surface area contributed by atoms with E-state index in [1.54, 1.807) is 20.8 Å². The molecule has 0 amide bonds. The summed E-state index contributed by atoms with van der Waals surface area (Å²) in [5.74, 6) is -0.418. The molecule has 9 heteroatoms. The Labute approximate surface area is 118 Å². The average molecular weight is 300 g/mol. The van der Waals surface area contributed by atoms with E-state index in [0.717, 1.165) is 4.68 Å². The number of ether oxygens (including phenoxy) is 1. The van der Waals surface area contributed by atoms with E-state index in [0.29, 0.717) is 17.0 Å². The summed E-state index contributed by atoms with van der Waals surface area (Å²) in [6.45, 7) is 5.00. The largest absolute Gasteiger partial charge is 0.461 e. The second-order valence-electron chi connectivity index (χ2n) is 4.30. The molecule has 0 N–H and O–H groups in total. The van der Waals surface area contributed by atoms with Crippen molar-refractivity contribution in [2.45, 2.75) is 33.7 Å². The lowest BCUT2D eigenvalue weighted by Crippen LogP contribution is -2.12. The third kappa shape index (κ3) is 2.91. The monoisotopic (exact) mass is 300 g/mol. The second kappa shape index (κ2) is 5.98. The summed E-state index contributed by atoms with van der Waals surface area (Å²) in [5.41, 5.74) is 0.144. The van der Waals surface area contributed by atoms with Crippen LogP contribution in [0.15, 0.2) is 4.52 Å². The van der Waals surface area contributed by atoms with Gasteiger partial charge in [-0.05, 0) is 20.8 Å².